The van der Waals surface area contributed by atoms with Crippen LogP contribution in [-0.4, -0.2) is 35.0 Å². The maximum Gasteiger partial charge on any atom is 0.220 e. The summed E-state index contributed by atoms with van der Waals surface area (Å²) in [6.45, 7) is 14.0. The number of allylic oxidation sites excluding steroid dienone is 1. The Bertz CT molecular complexity index is 494. The Morgan fingerprint density at radius 3 is 2.40 bits per heavy atom. The van der Waals surface area contributed by atoms with E-state index in [0.717, 1.165) is 44.9 Å². The number of amides is 1. The normalized spacial score (nSPS) is 23.6. The largest absolute Gasteiger partial charge is 0.363 e. The lowest BCUT2D eigenvalue weighted by Crippen LogP contribution is -2.45. The van der Waals surface area contributed by atoms with E-state index < -0.39 is 11.3 Å². The van der Waals surface area contributed by atoms with E-state index in [0.29, 0.717) is 24.8 Å². The van der Waals surface area contributed by atoms with Crippen LogP contribution in [0.4, 0.5) is 0 Å². The second-order valence-corrected chi connectivity index (χ2v) is 9.82. The summed E-state index contributed by atoms with van der Waals surface area (Å²) in [5.74, 6) is -0.440. The van der Waals surface area contributed by atoms with Gasteiger partial charge in [0.05, 0.1) is 6.10 Å². The van der Waals surface area contributed by atoms with Crippen LogP contribution < -0.4 is 11.1 Å². The highest BCUT2D eigenvalue weighted by atomic mass is 17.2. The van der Waals surface area contributed by atoms with Gasteiger partial charge in [-0.2, -0.15) is 0 Å². The second kappa shape index (κ2) is 13.5. The summed E-state index contributed by atoms with van der Waals surface area (Å²) in [5, 5.41) is 13.7. The first-order chi connectivity index (χ1) is 13.5. The molecule has 0 aromatic heterocycles. The predicted molar refractivity (Wildman–Crippen MR) is 124 cm³/mol. The summed E-state index contributed by atoms with van der Waals surface area (Å²) >= 11 is 0. The molecule has 6 heteroatoms. The van der Waals surface area contributed by atoms with Gasteiger partial charge in [-0.3, -0.25) is 4.79 Å². The Morgan fingerprint density at radius 1 is 1.30 bits per heavy atom. The van der Waals surface area contributed by atoms with Crippen LogP contribution in [0.15, 0.2) is 12.7 Å². The molecule has 1 amide bonds. The average Bonchev–Trinajstić information content (AvgIpc) is 2.63. The molecule has 1 aliphatic carbocycles. The molecule has 0 bridgehead atoms. The predicted octanol–water partition coefficient (Wildman–Crippen LogP) is 4.71. The van der Waals surface area contributed by atoms with Crippen molar-refractivity contribution >= 4 is 5.91 Å². The summed E-state index contributed by atoms with van der Waals surface area (Å²) < 4.78 is 0. The number of carbonyl (C=O) groups is 1. The van der Waals surface area contributed by atoms with Crippen molar-refractivity contribution in [3.8, 4) is 0 Å². The Balaban J connectivity index is 0.00000841. The molecule has 178 valence electrons. The highest BCUT2D eigenvalue weighted by Gasteiger charge is 2.35. The van der Waals surface area contributed by atoms with Gasteiger partial charge in [-0.25, -0.2) is 9.78 Å². The number of nitrogens with one attached hydrogen (secondary N) is 1. The molecule has 0 spiro atoms. The molecular weight excluding hydrogens is 380 g/mol. The zero-order valence-corrected chi connectivity index (χ0v) is 19.2. The summed E-state index contributed by atoms with van der Waals surface area (Å²) in [6, 6.07) is 0. The van der Waals surface area contributed by atoms with Crippen molar-refractivity contribution in [2.45, 2.75) is 111 Å². The van der Waals surface area contributed by atoms with E-state index >= 15 is 0 Å². The summed E-state index contributed by atoms with van der Waals surface area (Å²) in [7, 11) is 0. The van der Waals surface area contributed by atoms with Crippen molar-refractivity contribution < 1.29 is 19.7 Å². The molecule has 6 nitrogen and oxygen atoms in total. The fourth-order valence-corrected chi connectivity index (χ4v) is 3.96. The van der Waals surface area contributed by atoms with Crippen molar-refractivity contribution in [3.05, 3.63) is 12.7 Å². The second-order valence-electron chi connectivity index (χ2n) is 9.82. The Kier molecular flexibility index (Phi) is 13.0. The fourth-order valence-electron chi connectivity index (χ4n) is 3.96. The quantitative estimate of drug-likeness (QED) is 0.171. The van der Waals surface area contributed by atoms with Crippen LogP contribution >= 0.6 is 0 Å². The highest BCUT2D eigenvalue weighted by molar-refractivity contribution is 5.76. The molecule has 3 atom stereocenters. The van der Waals surface area contributed by atoms with Crippen LogP contribution in [0.5, 0.6) is 0 Å². The van der Waals surface area contributed by atoms with Crippen LogP contribution in [0.1, 0.15) is 93.4 Å². The first-order valence-electron chi connectivity index (χ1n) is 11.2. The zero-order valence-electron chi connectivity index (χ0n) is 19.2. The van der Waals surface area contributed by atoms with Crippen molar-refractivity contribution in [2.24, 2.45) is 23.5 Å². The van der Waals surface area contributed by atoms with Crippen LogP contribution in [0, 0.1) is 17.8 Å². The molecular formula is C24H48N2O4. The van der Waals surface area contributed by atoms with Gasteiger partial charge in [0.25, 0.3) is 0 Å². The molecule has 1 rings (SSSR count). The van der Waals surface area contributed by atoms with Gasteiger partial charge in [-0.15, -0.1) is 6.58 Å². The van der Waals surface area contributed by atoms with Gasteiger partial charge in [0.15, 0.2) is 5.79 Å². The number of nitrogens with two attached hydrogens (primary N) is 1. The lowest BCUT2D eigenvalue weighted by molar-refractivity contribution is -0.447. The number of carbonyl (C=O) groups excluding carboxylic acids is 1. The van der Waals surface area contributed by atoms with Crippen LogP contribution in [0.2, 0.25) is 0 Å². The molecule has 30 heavy (non-hydrogen) atoms. The molecule has 1 saturated carbocycles. The first-order valence-corrected chi connectivity index (χ1v) is 11.2. The van der Waals surface area contributed by atoms with Gasteiger partial charge < -0.3 is 16.2 Å². The topological polar surface area (TPSA) is 93.8 Å². The molecule has 4 N–H and O–H groups in total. The van der Waals surface area contributed by atoms with Crippen molar-refractivity contribution in [1.82, 2.24) is 5.32 Å². The van der Waals surface area contributed by atoms with Gasteiger partial charge in [0.2, 0.25) is 5.91 Å². The van der Waals surface area contributed by atoms with E-state index in [1.807, 2.05) is 19.9 Å². The number of rotatable bonds is 13. The summed E-state index contributed by atoms with van der Waals surface area (Å²) in [4.78, 5) is 23.2. The van der Waals surface area contributed by atoms with Gasteiger partial charge in [0, 0.05) is 24.4 Å². The molecule has 0 radical (unpaired) electrons. The summed E-state index contributed by atoms with van der Waals surface area (Å²) in [6.07, 6.45) is 8.52. The minimum Gasteiger partial charge on any atom is -0.363 e. The van der Waals surface area contributed by atoms with Crippen LogP contribution in [0.25, 0.3) is 0 Å². The molecule has 0 aromatic carbocycles. The monoisotopic (exact) mass is 428 g/mol. The number of aliphatic hydroxyl groups is 1. The SMILES string of the molecule is C.C=CCC(C)CC(CC)[C@](C)(O)OOC1CCC(CC(=O)NCC(C)(C)N)CC1. The van der Waals surface area contributed by atoms with E-state index in [9.17, 15) is 9.90 Å². The fraction of sp³-hybridized carbons (Fsp3) is 0.875. The smallest absolute Gasteiger partial charge is 0.220 e. The molecule has 2 unspecified atom stereocenters. The van der Waals surface area contributed by atoms with Gasteiger partial charge in [0.1, 0.15) is 0 Å². The van der Waals surface area contributed by atoms with E-state index in [4.69, 9.17) is 15.5 Å². The number of hydrogen-bond acceptors (Lipinski definition) is 5. The van der Waals surface area contributed by atoms with Gasteiger partial charge in [-0.05, 0) is 77.6 Å². The minimum absolute atomic E-state index is 0. The van der Waals surface area contributed by atoms with Crippen LogP contribution in [-0.2, 0) is 14.6 Å². The Hall–Kier alpha value is -0.950. The summed E-state index contributed by atoms with van der Waals surface area (Å²) in [5.41, 5.74) is 5.51. The molecule has 0 saturated heterocycles. The highest BCUT2D eigenvalue weighted by Crippen LogP contribution is 2.33. The average molecular weight is 429 g/mol. The molecule has 1 fully saturated rings. The van der Waals surface area contributed by atoms with Gasteiger partial charge in [-0.1, -0.05) is 27.4 Å². The van der Waals surface area contributed by atoms with Crippen molar-refractivity contribution in [2.75, 3.05) is 6.54 Å². The van der Waals surface area contributed by atoms with Gasteiger partial charge >= 0.3 is 0 Å². The third-order valence-electron chi connectivity index (χ3n) is 5.87. The first kappa shape index (κ1) is 29.1. The maximum absolute atomic E-state index is 12.1. The molecule has 1 aliphatic rings. The molecule has 0 aliphatic heterocycles. The van der Waals surface area contributed by atoms with E-state index in [-0.39, 0.29) is 25.4 Å². The third-order valence-corrected chi connectivity index (χ3v) is 5.87. The van der Waals surface area contributed by atoms with E-state index in [1.54, 1.807) is 6.92 Å². The van der Waals surface area contributed by atoms with E-state index in [1.165, 1.54) is 0 Å². The maximum atomic E-state index is 12.1. The van der Waals surface area contributed by atoms with Crippen LogP contribution in [0.3, 0.4) is 0 Å². The molecule has 0 aromatic rings. The minimum atomic E-state index is -1.31. The molecule has 0 heterocycles. The Labute approximate surface area is 184 Å². The zero-order chi connectivity index (χ0) is 22.1. The lowest BCUT2D eigenvalue weighted by atomic mass is 9.85. The third kappa shape index (κ3) is 11.4. The number of hydrogen-bond donors (Lipinski definition) is 3. The van der Waals surface area contributed by atoms with E-state index in [2.05, 4.69) is 25.7 Å². The van der Waals surface area contributed by atoms with Crippen molar-refractivity contribution in [3.63, 3.8) is 0 Å². The lowest BCUT2D eigenvalue weighted by Gasteiger charge is -2.35. The standard InChI is InChI=1S/C23H44N2O4.CH4/c1-7-9-17(3)14-19(8-2)23(6,27)29-28-20-12-10-18(11-13-20)15-21(26)25-16-22(4,5)24;/h7,17-20,27H,1,8-16,24H2,2-6H3,(H,25,26);1H4/t17?,18?,19?,20?,23-;/m1./s1. The Morgan fingerprint density at radius 2 is 1.90 bits per heavy atom. The van der Waals surface area contributed by atoms with Crippen molar-refractivity contribution in [1.29, 1.82) is 0 Å².